The van der Waals surface area contributed by atoms with Crippen molar-refractivity contribution in [2.24, 2.45) is 0 Å². The van der Waals surface area contributed by atoms with Crippen LogP contribution in [0.1, 0.15) is 11.1 Å². The molecule has 2 N–H and O–H groups in total. The second-order valence-corrected chi connectivity index (χ2v) is 4.16. The standard InChI is InChI=1S/C13H12N6O2/c1-8-4-3-5-10(9(8)6-14)18-13-11(19(20)21)12(15-2)16-7-17-13/h3-5,7H,1-2H3,(H2,15,16,17,18). The lowest BCUT2D eigenvalue weighted by atomic mass is 10.1. The summed E-state index contributed by atoms with van der Waals surface area (Å²) in [6, 6.07) is 7.28. The zero-order valence-electron chi connectivity index (χ0n) is 11.4. The first-order chi connectivity index (χ1) is 10.1. The highest BCUT2D eigenvalue weighted by atomic mass is 16.6. The molecule has 1 heterocycles. The lowest BCUT2D eigenvalue weighted by Gasteiger charge is -2.10. The average molecular weight is 284 g/mol. The summed E-state index contributed by atoms with van der Waals surface area (Å²) in [7, 11) is 1.53. The molecule has 8 heteroatoms. The van der Waals surface area contributed by atoms with Crippen LogP contribution in [0.3, 0.4) is 0 Å². The first-order valence-electron chi connectivity index (χ1n) is 6.02. The summed E-state index contributed by atoms with van der Waals surface area (Å²) in [5.74, 6) is 0.130. The molecule has 0 aliphatic heterocycles. The molecule has 0 saturated carbocycles. The van der Waals surface area contributed by atoms with Crippen LogP contribution in [0.15, 0.2) is 24.5 Å². The van der Waals surface area contributed by atoms with Gasteiger partial charge in [0.15, 0.2) is 0 Å². The smallest absolute Gasteiger partial charge is 0.353 e. The highest BCUT2D eigenvalue weighted by Crippen LogP contribution is 2.32. The molecule has 0 amide bonds. The molecule has 2 rings (SSSR count). The summed E-state index contributed by atoms with van der Waals surface area (Å²) >= 11 is 0. The Morgan fingerprint density at radius 1 is 1.33 bits per heavy atom. The number of aromatic nitrogens is 2. The molecule has 0 atom stereocenters. The van der Waals surface area contributed by atoms with Crippen LogP contribution >= 0.6 is 0 Å². The molecule has 0 bridgehead atoms. The number of nitrogens with zero attached hydrogens (tertiary/aromatic N) is 4. The highest BCUT2D eigenvalue weighted by Gasteiger charge is 2.23. The summed E-state index contributed by atoms with van der Waals surface area (Å²) in [4.78, 5) is 18.3. The van der Waals surface area contributed by atoms with Crippen LogP contribution in [0.2, 0.25) is 0 Å². The maximum Gasteiger partial charge on any atom is 0.353 e. The van der Waals surface area contributed by atoms with Gasteiger partial charge in [-0.25, -0.2) is 9.97 Å². The molecule has 8 nitrogen and oxygen atoms in total. The number of rotatable bonds is 4. The maximum absolute atomic E-state index is 11.2. The molecule has 1 aromatic carbocycles. The van der Waals surface area contributed by atoms with Gasteiger partial charge >= 0.3 is 5.69 Å². The van der Waals surface area contributed by atoms with Gasteiger partial charge in [-0.15, -0.1) is 0 Å². The van der Waals surface area contributed by atoms with Crippen molar-refractivity contribution in [2.75, 3.05) is 17.7 Å². The molecule has 1 aromatic heterocycles. The number of anilines is 3. The van der Waals surface area contributed by atoms with Crippen LogP contribution in [0.5, 0.6) is 0 Å². The SMILES string of the molecule is CNc1ncnc(Nc2cccc(C)c2C#N)c1[N+](=O)[O-]. The van der Waals surface area contributed by atoms with Crippen LogP contribution in [-0.2, 0) is 0 Å². The molecule has 0 unspecified atom stereocenters. The first kappa shape index (κ1) is 14.2. The number of nitro groups is 1. The van der Waals surface area contributed by atoms with Gasteiger partial charge in [0.25, 0.3) is 0 Å². The fraction of sp³-hybridized carbons (Fsp3) is 0.154. The molecule has 0 aliphatic carbocycles. The largest absolute Gasteiger partial charge is 0.367 e. The van der Waals surface area contributed by atoms with E-state index in [-0.39, 0.29) is 17.3 Å². The normalized spacial score (nSPS) is 9.76. The van der Waals surface area contributed by atoms with E-state index in [1.165, 1.54) is 13.4 Å². The molecule has 0 spiro atoms. The van der Waals surface area contributed by atoms with Crippen molar-refractivity contribution in [1.29, 1.82) is 5.26 Å². The lowest BCUT2D eigenvalue weighted by molar-refractivity contribution is -0.383. The van der Waals surface area contributed by atoms with Gasteiger partial charge < -0.3 is 10.6 Å². The van der Waals surface area contributed by atoms with E-state index in [1.54, 1.807) is 25.1 Å². The van der Waals surface area contributed by atoms with Crippen molar-refractivity contribution in [2.45, 2.75) is 6.92 Å². The summed E-state index contributed by atoms with van der Waals surface area (Å²) in [5, 5.41) is 25.9. The third kappa shape index (κ3) is 2.71. The fourth-order valence-electron chi connectivity index (χ4n) is 1.87. The Morgan fingerprint density at radius 3 is 2.67 bits per heavy atom. The monoisotopic (exact) mass is 284 g/mol. The second-order valence-electron chi connectivity index (χ2n) is 4.16. The van der Waals surface area contributed by atoms with Gasteiger partial charge in [-0.2, -0.15) is 5.26 Å². The number of hydrogen-bond acceptors (Lipinski definition) is 7. The Morgan fingerprint density at radius 2 is 2.05 bits per heavy atom. The van der Waals surface area contributed by atoms with Crippen LogP contribution in [0, 0.1) is 28.4 Å². The summed E-state index contributed by atoms with van der Waals surface area (Å²) < 4.78 is 0. The van der Waals surface area contributed by atoms with Crippen molar-refractivity contribution in [3.63, 3.8) is 0 Å². The number of nitrogens with one attached hydrogen (secondary N) is 2. The van der Waals surface area contributed by atoms with Gasteiger partial charge in [0.2, 0.25) is 11.6 Å². The van der Waals surface area contributed by atoms with Gasteiger partial charge in [-0.1, -0.05) is 12.1 Å². The van der Waals surface area contributed by atoms with Crippen LogP contribution in [0.4, 0.5) is 23.0 Å². The summed E-state index contributed by atoms with van der Waals surface area (Å²) in [5.41, 5.74) is 1.37. The zero-order chi connectivity index (χ0) is 15.4. The van der Waals surface area contributed by atoms with E-state index in [9.17, 15) is 15.4 Å². The van der Waals surface area contributed by atoms with Crippen molar-refractivity contribution in [3.05, 3.63) is 45.8 Å². The predicted octanol–water partition coefficient (Wildman–Crippen LogP) is 2.35. The van der Waals surface area contributed by atoms with Crippen molar-refractivity contribution < 1.29 is 4.92 Å². The fourth-order valence-corrected chi connectivity index (χ4v) is 1.87. The minimum atomic E-state index is -0.573. The third-order valence-electron chi connectivity index (χ3n) is 2.88. The minimum Gasteiger partial charge on any atom is -0.367 e. The number of nitriles is 1. The van der Waals surface area contributed by atoms with Gasteiger partial charge in [-0.05, 0) is 18.6 Å². The molecule has 2 aromatic rings. The Labute approximate surface area is 120 Å². The summed E-state index contributed by atoms with van der Waals surface area (Å²) in [6.07, 6.45) is 1.21. The van der Waals surface area contributed by atoms with Crippen LogP contribution < -0.4 is 10.6 Å². The number of hydrogen-bond donors (Lipinski definition) is 2. The van der Waals surface area contributed by atoms with E-state index in [2.05, 4.69) is 26.7 Å². The summed E-state index contributed by atoms with van der Waals surface area (Å²) in [6.45, 7) is 1.79. The number of benzene rings is 1. The Hall–Kier alpha value is -3.21. The lowest BCUT2D eigenvalue weighted by Crippen LogP contribution is -2.06. The highest BCUT2D eigenvalue weighted by molar-refractivity contribution is 5.76. The van der Waals surface area contributed by atoms with Gasteiger partial charge in [0.05, 0.1) is 16.2 Å². The topological polar surface area (TPSA) is 117 Å². The molecular formula is C13H12N6O2. The molecule has 0 fully saturated rings. The Balaban J connectivity index is 2.53. The molecule has 21 heavy (non-hydrogen) atoms. The van der Waals surface area contributed by atoms with Crippen molar-refractivity contribution in [1.82, 2.24) is 9.97 Å². The molecule has 106 valence electrons. The second kappa shape index (κ2) is 5.83. The predicted molar refractivity (Wildman–Crippen MR) is 77.4 cm³/mol. The van der Waals surface area contributed by atoms with E-state index >= 15 is 0 Å². The van der Waals surface area contributed by atoms with E-state index in [4.69, 9.17) is 0 Å². The van der Waals surface area contributed by atoms with E-state index < -0.39 is 4.92 Å². The third-order valence-corrected chi connectivity index (χ3v) is 2.88. The first-order valence-corrected chi connectivity index (χ1v) is 6.02. The average Bonchev–Trinajstić information content (AvgIpc) is 2.47. The zero-order valence-corrected chi connectivity index (χ0v) is 11.4. The minimum absolute atomic E-state index is 0.0291. The molecular weight excluding hydrogens is 272 g/mol. The van der Waals surface area contributed by atoms with E-state index in [0.29, 0.717) is 11.3 Å². The van der Waals surface area contributed by atoms with Crippen LogP contribution in [0.25, 0.3) is 0 Å². The van der Waals surface area contributed by atoms with Gasteiger partial charge in [0, 0.05) is 7.05 Å². The maximum atomic E-state index is 11.2. The number of aryl methyl sites for hydroxylation is 1. The van der Waals surface area contributed by atoms with E-state index in [1.807, 2.05) is 0 Å². The Bertz CT molecular complexity index is 738. The Kier molecular flexibility index (Phi) is 3.95. The quantitative estimate of drug-likeness (QED) is 0.653. The van der Waals surface area contributed by atoms with Crippen LogP contribution in [-0.4, -0.2) is 21.9 Å². The van der Waals surface area contributed by atoms with E-state index in [0.717, 1.165) is 5.56 Å². The van der Waals surface area contributed by atoms with Crippen molar-refractivity contribution >= 4 is 23.0 Å². The van der Waals surface area contributed by atoms with Crippen molar-refractivity contribution in [3.8, 4) is 6.07 Å². The molecule has 0 aliphatic rings. The molecule has 0 radical (unpaired) electrons. The van der Waals surface area contributed by atoms with Gasteiger partial charge in [-0.3, -0.25) is 10.1 Å². The van der Waals surface area contributed by atoms with Gasteiger partial charge in [0.1, 0.15) is 12.4 Å². The molecule has 0 saturated heterocycles.